The van der Waals surface area contributed by atoms with Gasteiger partial charge in [0.25, 0.3) is 5.91 Å². The fourth-order valence-electron chi connectivity index (χ4n) is 2.65. The van der Waals surface area contributed by atoms with Crippen LogP contribution in [0.2, 0.25) is 0 Å². The van der Waals surface area contributed by atoms with Crippen molar-refractivity contribution in [3.8, 4) is 11.5 Å². The van der Waals surface area contributed by atoms with Crippen molar-refractivity contribution >= 4 is 17.5 Å². The average Bonchev–Trinajstić information content (AvgIpc) is 3.25. The first-order chi connectivity index (χ1) is 11.9. The molecular weight excluding hydrogens is 318 g/mol. The Bertz CT molecular complexity index is 817. The summed E-state index contributed by atoms with van der Waals surface area (Å²) in [6.07, 6.45) is 2.40. The summed E-state index contributed by atoms with van der Waals surface area (Å²) in [7, 11) is 1.54. The number of hydrogen-bond donors (Lipinski definition) is 2. The van der Waals surface area contributed by atoms with Crippen LogP contribution in [-0.2, 0) is 4.79 Å². The lowest BCUT2D eigenvalue weighted by Crippen LogP contribution is -2.19. The van der Waals surface area contributed by atoms with Gasteiger partial charge in [-0.1, -0.05) is 26.0 Å². The average molecular weight is 339 g/mol. The number of nitrogens with one attached hydrogen (secondary N) is 2. The lowest BCUT2D eigenvalue weighted by molar-refractivity contribution is -0.118. The highest BCUT2D eigenvalue weighted by Gasteiger charge is 2.50. The third-order valence-corrected chi connectivity index (χ3v) is 4.39. The minimum absolute atomic E-state index is 0.00169. The highest BCUT2D eigenvalue weighted by molar-refractivity contribution is 5.96. The van der Waals surface area contributed by atoms with Crippen molar-refractivity contribution in [1.29, 1.82) is 0 Å². The first-order valence-corrected chi connectivity index (χ1v) is 8.16. The Morgan fingerprint density at radius 3 is 2.64 bits per heavy atom. The second kappa shape index (κ2) is 6.55. The smallest absolute Gasteiger partial charge is 0.269 e. The summed E-state index contributed by atoms with van der Waals surface area (Å²) in [6.45, 7) is 4.16. The van der Waals surface area contributed by atoms with E-state index in [9.17, 15) is 9.59 Å². The van der Waals surface area contributed by atoms with Crippen LogP contribution in [0.25, 0.3) is 0 Å². The molecule has 1 atom stereocenters. The minimum atomic E-state index is -0.289. The maximum atomic E-state index is 12.3. The SMILES string of the molecule is CNC(=O)c1cc(Oc2ccccc2NC(=O)[C@H]2CC2(C)C)ccn1. The van der Waals surface area contributed by atoms with Gasteiger partial charge in [-0.25, -0.2) is 0 Å². The van der Waals surface area contributed by atoms with E-state index in [1.807, 2.05) is 12.1 Å². The van der Waals surface area contributed by atoms with Crippen LogP contribution in [-0.4, -0.2) is 23.8 Å². The highest BCUT2D eigenvalue weighted by Crippen LogP contribution is 2.52. The first kappa shape index (κ1) is 17.0. The Morgan fingerprint density at radius 2 is 1.96 bits per heavy atom. The number of carbonyl (C=O) groups excluding carboxylic acids is 2. The van der Waals surface area contributed by atoms with Gasteiger partial charge in [-0.15, -0.1) is 0 Å². The molecule has 1 aliphatic rings. The van der Waals surface area contributed by atoms with Crippen molar-refractivity contribution < 1.29 is 14.3 Å². The number of carbonyl (C=O) groups is 2. The van der Waals surface area contributed by atoms with Crippen LogP contribution in [0.15, 0.2) is 42.6 Å². The predicted octanol–water partition coefficient (Wildman–Crippen LogP) is 3.22. The number of nitrogens with zero attached hydrogens (tertiary/aromatic N) is 1. The molecule has 2 N–H and O–H groups in total. The number of para-hydroxylation sites is 2. The fourth-order valence-corrected chi connectivity index (χ4v) is 2.65. The molecule has 1 aromatic carbocycles. The zero-order chi connectivity index (χ0) is 18.0. The summed E-state index contributed by atoms with van der Waals surface area (Å²) in [5.74, 6) is 0.733. The third kappa shape index (κ3) is 3.79. The number of anilines is 1. The van der Waals surface area contributed by atoms with Gasteiger partial charge < -0.3 is 15.4 Å². The van der Waals surface area contributed by atoms with Crippen molar-refractivity contribution in [3.63, 3.8) is 0 Å². The number of benzene rings is 1. The molecule has 0 radical (unpaired) electrons. The standard InChI is InChI=1S/C19H21N3O3/c1-19(2)11-13(19)17(23)22-14-6-4-5-7-16(14)25-12-8-9-21-15(10-12)18(24)20-3/h4-10,13H,11H2,1-3H3,(H,20,24)(H,22,23)/t13-/m1/s1. The van der Waals surface area contributed by atoms with E-state index < -0.39 is 0 Å². The molecule has 0 saturated heterocycles. The predicted molar refractivity (Wildman–Crippen MR) is 94.7 cm³/mol. The lowest BCUT2D eigenvalue weighted by atomic mass is 10.1. The van der Waals surface area contributed by atoms with Crippen molar-refractivity contribution in [2.75, 3.05) is 12.4 Å². The fraction of sp³-hybridized carbons (Fsp3) is 0.316. The molecule has 2 aromatic rings. The molecule has 1 saturated carbocycles. The highest BCUT2D eigenvalue weighted by atomic mass is 16.5. The Kier molecular flexibility index (Phi) is 4.44. The van der Waals surface area contributed by atoms with Gasteiger partial charge in [0.05, 0.1) is 5.69 Å². The van der Waals surface area contributed by atoms with Crippen LogP contribution in [0.3, 0.4) is 0 Å². The van der Waals surface area contributed by atoms with E-state index >= 15 is 0 Å². The van der Waals surface area contributed by atoms with Crippen LogP contribution in [0.5, 0.6) is 11.5 Å². The van der Waals surface area contributed by atoms with Gasteiger partial charge >= 0.3 is 0 Å². The summed E-state index contributed by atoms with van der Waals surface area (Å²) in [5, 5.41) is 5.46. The maximum Gasteiger partial charge on any atom is 0.269 e. The lowest BCUT2D eigenvalue weighted by Gasteiger charge is -2.13. The molecule has 1 aromatic heterocycles. The Hall–Kier alpha value is -2.89. The van der Waals surface area contributed by atoms with Gasteiger partial charge in [0.2, 0.25) is 5.91 Å². The third-order valence-electron chi connectivity index (χ3n) is 4.39. The second-order valence-corrected chi connectivity index (χ2v) is 6.79. The molecule has 6 nitrogen and oxygen atoms in total. The van der Waals surface area contributed by atoms with E-state index in [-0.39, 0.29) is 28.8 Å². The van der Waals surface area contributed by atoms with E-state index in [1.54, 1.807) is 31.3 Å². The van der Waals surface area contributed by atoms with Gasteiger partial charge in [0, 0.05) is 25.2 Å². The number of hydrogen-bond acceptors (Lipinski definition) is 4. The quantitative estimate of drug-likeness (QED) is 0.876. The Labute approximate surface area is 146 Å². The van der Waals surface area contributed by atoms with Gasteiger partial charge in [-0.2, -0.15) is 0 Å². The van der Waals surface area contributed by atoms with Gasteiger partial charge in [0.1, 0.15) is 11.4 Å². The molecule has 2 amide bonds. The summed E-state index contributed by atoms with van der Waals surface area (Å²) in [6, 6.07) is 10.4. The van der Waals surface area contributed by atoms with Crippen LogP contribution in [0.1, 0.15) is 30.8 Å². The molecule has 1 heterocycles. The van der Waals surface area contributed by atoms with Crippen molar-refractivity contribution in [1.82, 2.24) is 10.3 Å². The topological polar surface area (TPSA) is 80.3 Å². The van der Waals surface area contributed by atoms with E-state index in [0.29, 0.717) is 17.2 Å². The normalized spacial score (nSPS) is 17.5. The summed E-state index contributed by atoms with van der Waals surface area (Å²) >= 11 is 0. The number of pyridine rings is 1. The molecule has 0 spiro atoms. The molecule has 1 aliphatic carbocycles. The van der Waals surface area contributed by atoms with E-state index in [0.717, 1.165) is 6.42 Å². The molecule has 6 heteroatoms. The van der Waals surface area contributed by atoms with Gasteiger partial charge in [0.15, 0.2) is 5.75 Å². The monoisotopic (exact) mass is 339 g/mol. The molecular formula is C19H21N3O3. The van der Waals surface area contributed by atoms with Crippen molar-refractivity contribution in [2.45, 2.75) is 20.3 Å². The molecule has 130 valence electrons. The molecule has 25 heavy (non-hydrogen) atoms. The molecule has 0 bridgehead atoms. The van der Waals surface area contributed by atoms with Gasteiger partial charge in [-0.3, -0.25) is 14.6 Å². The molecule has 3 rings (SSSR count). The number of amides is 2. The molecule has 0 unspecified atom stereocenters. The Balaban J connectivity index is 1.77. The van der Waals surface area contributed by atoms with Crippen LogP contribution in [0.4, 0.5) is 5.69 Å². The summed E-state index contributed by atoms with van der Waals surface area (Å²) < 4.78 is 5.86. The minimum Gasteiger partial charge on any atom is -0.455 e. The van der Waals surface area contributed by atoms with E-state index in [2.05, 4.69) is 29.5 Å². The maximum absolute atomic E-state index is 12.3. The number of ether oxygens (including phenoxy) is 1. The number of rotatable bonds is 5. The first-order valence-electron chi connectivity index (χ1n) is 8.16. The zero-order valence-corrected chi connectivity index (χ0v) is 14.5. The van der Waals surface area contributed by atoms with Crippen molar-refractivity contribution in [3.05, 3.63) is 48.3 Å². The second-order valence-electron chi connectivity index (χ2n) is 6.79. The largest absolute Gasteiger partial charge is 0.455 e. The van der Waals surface area contributed by atoms with E-state index in [4.69, 9.17) is 4.74 Å². The summed E-state index contributed by atoms with van der Waals surface area (Å²) in [5.41, 5.74) is 0.933. The van der Waals surface area contributed by atoms with Gasteiger partial charge in [-0.05, 0) is 30.0 Å². The Morgan fingerprint density at radius 1 is 1.24 bits per heavy atom. The van der Waals surface area contributed by atoms with Crippen LogP contribution in [0, 0.1) is 11.3 Å². The number of aromatic nitrogens is 1. The summed E-state index contributed by atoms with van der Waals surface area (Å²) in [4.78, 5) is 28.0. The van der Waals surface area contributed by atoms with Crippen LogP contribution >= 0.6 is 0 Å². The van der Waals surface area contributed by atoms with Crippen molar-refractivity contribution in [2.24, 2.45) is 11.3 Å². The van der Waals surface area contributed by atoms with Crippen LogP contribution < -0.4 is 15.4 Å². The molecule has 0 aliphatic heterocycles. The molecule has 1 fully saturated rings. The zero-order valence-electron chi connectivity index (χ0n) is 14.5. The van der Waals surface area contributed by atoms with E-state index in [1.165, 1.54) is 6.20 Å².